The van der Waals surface area contributed by atoms with Gasteiger partial charge in [-0.25, -0.2) is 0 Å². The maximum atomic E-state index is 12.3. The molecule has 2 aromatic carbocycles. The summed E-state index contributed by atoms with van der Waals surface area (Å²) in [6, 6.07) is 15.5. The number of amides is 1. The third-order valence-electron chi connectivity index (χ3n) is 3.57. The molecule has 0 aliphatic carbocycles. The standard InChI is InChI=1S/C18H16ClNO2S/c1-20(11-14-7-4-10-22-14)17(21)12-23-16-9-3-6-13-5-2-8-15(19)18(13)16/h2-10H,11-12H2,1H3. The first kappa shape index (κ1) is 16.0. The third-order valence-corrected chi connectivity index (χ3v) is 4.92. The van der Waals surface area contributed by atoms with Crippen LogP contribution in [0.25, 0.3) is 10.8 Å². The number of furan rings is 1. The molecule has 0 N–H and O–H groups in total. The van der Waals surface area contributed by atoms with Crippen molar-refractivity contribution < 1.29 is 9.21 Å². The highest BCUT2D eigenvalue weighted by molar-refractivity contribution is 8.00. The molecule has 0 aliphatic heterocycles. The van der Waals surface area contributed by atoms with Crippen molar-refractivity contribution in [1.29, 1.82) is 0 Å². The molecule has 1 heterocycles. The molecule has 3 nitrogen and oxygen atoms in total. The first-order valence-corrected chi connectivity index (χ1v) is 8.58. The van der Waals surface area contributed by atoms with E-state index in [1.165, 1.54) is 11.8 Å². The SMILES string of the molecule is CN(Cc1ccco1)C(=O)CSc1cccc2cccc(Cl)c12. The van der Waals surface area contributed by atoms with E-state index >= 15 is 0 Å². The lowest BCUT2D eigenvalue weighted by atomic mass is 10.1. The van der Waals surface area contributed by atoms with Crippen LogP contribution in [0.4, 0.5) is 0 Å². The van der Waals surface area contributed by atoms with E-state index in [1.54, 1.807) is 18.2 Å². The number of halogens is 1. The van der Waals surface area contributed by atoms with Crippen molar-refractivity contribution in [3.05, 3.63) is 65.6 Å². The van der Waals surface area contributed by atoms with Gasteiger partial charge in [-0.2, -0.15) is 0 Å². The zero-order chi connectivity index (χ0) is 16.2. The summed E-state index contributed by atoms with van der Waals surface area (Å²) in [7, 11) is 1.78. The second kappa shape index (κ2) is 7.11. The Morgan fingerprint density at radius 2 is 1.96 bits per heavy atom. The molecule has 3 rings (SSSR count). The fraction of sp³-hybridized carbons (Fsp3) is 0.167. The molecule has 1 aromatic heterocycles. The van der Waals surface area contributed by atoms with Gasteiger partial charge in [0.1, 0.15) is 5.76 Å². The van der Waals surface area contributed by atoms with E-state index in [-0.39, 0.29) is 5.91 Å². The number of benzene rings is 2. The number of thioether (sulfide) groups is 1. The second-order valence-electron chi connectivity index (χ2n) is 5.21. The number of carbonyl (C=O) groups excluding carboxylic acids is 1. The smallest absolute Gasteiger partial charge is 0.233 e. The summed E-state index contributed by atoms with van der Waals surface area (Å²) >= 11 is 7.82. The van der Waals surface area contributed by atoms with E-state index in [0.29, 0.717) is 17.3 Å². The van der Waals surface area contributed by atoms with Gasteiger partial charge < -0.3 is 9.32 Å². The summed E-state index contributed by atoms with van der Waals surface area (Å²) in [5.41, 5.74) is 0. The molecule has 5 heteroatoms. The molecular weight excluding hydrogens is 330 g/mol. The average Bonchev–Trinajstić information content (AvgIpc) is 3.05. The number of hydrogen-bond donors (Lipinski definition) is 0. The topological polar surface area (TPSA) is 33.5 Å². The van der Waals surface area contributed by atoms with Crippen LogP contribution in [0.15, 0.2) is 64.1 Å². The predicted molar refractivity (Wildman–Crippen MR) is 94.9 cm³/mol. The lowest BCUT2D eigenvalue weighted by Crippen LogP contribution is -2.27. The summed E-state index contributed by atoms with van der Waals surface area (Å²) in [6.07, 6.45) is 1.61. The van der Waals surface area contributed by atoms with E-state index in [0.717, 1.165) is 21.4 Å². The Labute approximate surface area is 144 Å². The Morgan fingerprint density at radius 1 is 1.17 bits per heavy atom. The van der Waals surface area contributed by atoms with E-state index in [2.05, 4.69) is 0 Å². The largest absolute Gasteiger partial charge is 0.467 e. The van der Waals surface area contributed by atoms with E-state index in [4.69, 9.17) is 16.0 Å². The van der Waals surface area contributed by atoms with Crippen LogP contribution in [0.3, 0.4) is 0 Å². The summed E-state index contributed by atoms with van der Waals surface area (Å²) in [6.45, 7) is 0.475. The number of hydrogen-bond acceptors (Lipinski definition) is 3. The Kier molecular flexibility index (Phi) is 4.94. The number of nitrogens with zero attached hydrogens (tertiary/aromatic N) is 1. The molecule has 23 heavy (non-hydrogen) atoms. The van der Waals surface area contributed by atoms with Gasteiger partial charge >= 0.3 is 0 Å². The average molecular weight is 346 g/mol. The van der Waals surface area contributed by atoms with Gasteiger partial charge in [-0.1, -0.05) is 35.9 Å². The summed E-state index contributed by atoms with van der Waals surface area (Å²) in [5, 5.41) is 2.80. The van der Waals surface area contributed by atoms with Crippen molar-refractivity contribution in [2.45, 2.75) is 11.4 Å². The van der Waals surface area contributed by atoms with E-state index < -0.39 is 0 Å². The highest BCUT2D eigenvalue weighted by Crippen LogP contribution is 2.33. The molecule has 1 amide bonds. The molecular formula is C18H16ClNO2S. The predicted octanol–water partition coefficient (Wildman–Crippen LogP) is 4.84. The Hall–Kier alpha value is -1.91. The molecule has 0 bridgehead atoms. The van der Waals surface area contributed by atoms with E-state index in [9.17, 15) is 4.79 Å². The maximum Gasteiger partial charge on any atom is 0.233 e. The van der Waals surface area contributed by atoms with Crippen molar-refractivity contribution >= 4 is 40.0 Å². The zero-order valence-corrected chi connectivity index (χ0v) is 14.2. The number of fused-ring (bicyclic) bond motifs is 1. The van der Waals surface area contributed by atoms with Crippen LogP contribution in [0.5, 0.6) is 0 Å². The lowest BCUT2D eigenvalue weighted by molar-refractivity contribution is -0.127. The normalized spacial score (nSPS) is 10.9. The highest BCUT2D eigenvalue weighted by Gasteiger charge is 2.13. The van der Waals surface area contributed by atoms with Gasteiger partial charge in [0.15, 0.2) is 0 Å². The van der Waals surface area contributed by atoms with Gasteiger partial charge in [-0.3, -0.25) is 4.79 Å². The molecule has 0 unspecified atom stereocenters. The van der Waals surface area contributed by atoms with Gasteiger partial charge in [0.05, 0.1) is 18.6 Å². The maximum absolute atomic E-state index is 12.3. The van der Waals surface area contributed by atoms with Crippen LogP contribution in [-0.4, -0.2) is 23.6 Å². The van der Waals surface area contributed by atoms with Crippen molar-refractivity contribution in [2.75, 3.05) is 12.8 Å². The molecule has 0 fully saturated rings. The molecule has 0 radical (unpaired) electrons. The fourth-order valence-electron chi connectivity index (χ4n) is 2.36. The quantitative estimate of drug-likeness (QED) is 0.620. The minimum absolute atomic E-state index is 0.0513. The number of carbonyl (C=O) groups is 1. The van der Waals surface area contributed by atoms with Crippen LogP contribution in [0, 0.1) is 0 Å². The first-order chi connectivity index (χ1) is 11.1. The first-order valence-electron chi connectivity index (χ1n) is 7.21. The van der Waals surface area contributed by atoms with Gasteiger partial charge in [0, 0.05) is 22.4 Å². The molecule has 118 valence electrons. The molecule has 0 saturated heterocycles. The Bertz CT molecular complexity index is 812. The summed E-state index contributed by atoms with van der Waals surface area (Å²) in [5.74, 6) is 1.19. The van der Waals surface area contributed by atoms with Crippen molar-refractivity contribution in [3.8, 4) is 0 Å². The summed E-state index contributed by atoms with van der Waals surface area (Å²) in [4.78, 5) is 15.0. The lowest BCUT2D eigenvalue weighted by Gasteiger charge is -2.16. The Balaban J connectivity index is 1.69. The van der Waals surface area contributed by atoms with Crippen LogP contribution in [-0.2, 0) is 11.3 Å². The van der Waals surface area contributed by atoms with Crippen LogP contribution in [0.2, 0.25) is 5.02 Å². The molecule has 0 spiro atoms. The monoisotopic (exact) mass is 345 g/mol. The van der Waals surface area contributed by atoms with Gasteiger partial charge in [0.25, 0.3) is 0 Å². The zero-order valence-electron chi connectivity index (χ0n) is 12.7. The molecule has 3 aromatic rings. The highest BCUT2D eigenvalue weighted by atomic mass is 35.5. The van der Waals surface area contributed by atoms with E-state index in [1.807, 2.05) is 48.5 Å². The molecule has 0 atom stereocenters. The van der Waals surface area contributed by atoms with Crippen LogP contribution < -0.4 is 0 Å². The minimum atomic E-state index is 0.0513. The second-order valence-corrected chi connectivity index (χ2v) is 6.64. The van der Waals surface area contributed by atoms with Gasteiger partial charge in [0.2, 0.25) is 5.91 Å². The van der Waals surface area contributed by atoms with Crippen molar-refractivity contribution in [2.24, 2.45) is 0 Å². The van der Waals surface area contributed by atoms with Gasteiger partial charge in [-0.15, -0.1) is 11.8 Å². The number of rotatable bonds is 5. The fourth-order valence-corrected chi connectivity index (χ4v) is 3.74. The molecule has 0 saturated carbocycles. The van der Waals surface area contributed by atoms with Crippen LogP contribution >= 0.6 is 23.4 Å². The third kappa shape index (κ3) is 3.71. The summed E-state index contributed by atoms with van der Waals surface area (Å²) < 4.78 is 5.27. The minimum Gasteiger partial charge on any atom is -0.467 e. The van der Waals surface area contributed by atoms with Crippen LogP contribution in [0.1, 0.15) is 5.76 Å². The van der Waals surface area contributed by atoms with Crippen molar-refractivity contribution in [3.63, 3.8) is 0 Å². The van der Waals surface area contributed by atoms with Crippen molar-refractivity contribution in [1.82, 2.24) is 4.90 Å². The molecule has 0 aliphatic rings. The Morgan fingerprint density at radius 3 is 2.70 bits per heavy atom. The van der Waals surface area contributed by atoms with Gasteiger partial charge in [-0.05, 0) is 29.7 Å².